The van der Waals surface area contributed by atoms with Gasteiger partial charge in [-0.25, -0.2) is 0 Å². The second-order valence-electron chi connectivity index (χ2n) is 5.94. The summed E-state index contributed by atoms with van der Waals surface area (Å²) >= 11 is 5.10. The zero-order valence-corrected chi connectivity index (χ0v) is 14.6. The number of hydrogen-bond acceptors (Lipinski definition) is 3. The molecule has 2 aromatic rings. The Bertz CT molecular complexity index is 784. The Morgan fingerprint density at radius 2 is 2.00 bits per heavy atom. The van der Waals surface area contributed by atoms with Crippen LogP contribution >= 0.6 is 12.2 Å². The second kappa shape index (κ2) is 8.40. The van der Waals surface area contributed by atoms with Crippen molar-refractivity contribution >= 4 is 29.7 Å². The van der Waals surface area contributed by atoms with Gasteiger partial charge < -0.3 is 15.6 Å². The van der Waals surface area contributed by atoms with E-state index in [1.165, 1.54) is 0 Å². The molecule has 0 aliphatic carbocycles. The maximum absolute atomic E-state index is 12.2. The summed E-state index contributed by atoms with van der Waals surface area (Å²) in [7, 11) is 0. The Kier molecular flexibility index (Phi) is 6.26. The molecule has 0 atom stereocenters. The van der Waals surface area contributed by atoms with Crippen LogP contribution < -0.4 is 10.6 Å². The van der Waals surface area contributed by atoms with E-state index in [4.69, 9.17) is 12.2 Å². The summed E-state index contributed by atoms with van der Waals surface area (Å²) in [5.74, 6) is 0.0654. The van der Waals surface area contributed by atoms with E-state index in [9.17, 15) is 9.59 Å². The molecule has 0 bridgehead atoms. The molecule has 1 aromatic heterocycles. The molecule has 126 valence electrons. The predicted octanol–water partition coefficient (Wildman–Crippen LogP) is 3.66. The van der Waals surface area contributed by atoms with Crippen molar-refractivity contribution in [1.29, 1.82) is 0 Å². The highest BCUT2D eigenvalue weighted by Crippen LogP contribution is 2.12. The second-order valence-corrected chi connectivity index (χ2v) is 6.35. The molecule has 1 heterocycles. The van der Waals surface area contributed by atoms with Crippen molar-refractivity contribution in [2.24, 2.45) is 5.92 Å². The van der Waals surface area contributed by atoms with Crippen molar-refractivity contribution in [1.82, 2.24) is 10.3 Å². The van der Waals surface area contributed by atoms with Crippen LogP contribution in [0.1, 0.15) is 36.2 Å². The molecule has 0 spiro atoms. The lowest BCUT2D eigenvalue weighted by Gasteiger charge is -2.10. The van der Waals surface area contributed by atoms with Crippen molar-refractivity contribution in [3.05, 3.63) is 58.4 Å². The van der Waals surface area contributed by atoms with Crippen LogP contribution in [0, 0.1) is 10.6 Å². The van der Waals surface area contributed by atoms with Gasteiger partial charge in [0.2, 0.25) is 5.91 Å². The average Bonchev–Trinajstić information content (AvgIpc) is 2.52. The number of rotatable bonds is 6. The Labute approximate surface area is 146 Å². The van der Waals surface area contributed by atoms with E-state index in [0.29, 0.717) is 29.1 Å². The molecule has 24 heavy (non-hydrogen) atoms. The van der Waals surface area contributed by atoms with Crippen LogP contribution in [0.5, 0.6) is 0 Å². The number of aromatic nitrogens is 1. The van der Waals surface area contributed by atoms with Gasteiger partial charge >= 0.3 is 0 Å². The minimum Gasteiger partial charge on any atom is -0.352 e. The summed E-state index contributed by atoms with van der Waals surface area (Å²) in [5, 5.41) is 5.70. The van der Waals surface area contributed by atoms with Gasteiger partial charge in [-0.15, -0.1) is 0 Å². The van der Waals surface area contributed by atoms with Crippen LogP contribution in [0.4, 0.5) is 5.69 Å². The van der Waals surface area contributed by atoms with Gasteiger partial charge in [0.15, 0.2) is 0 Å². The third-order valence-corrected chi connectivity index (χ3v) is 3.66. The molecule has 0 radical (unpaired) electrons. The Hall–Kier alpha value is -2.47. The number of hydrogen-bond donors (Lipinski definition) is 3. The molecule has 0 unspecified atom stereocenters. The highest BCUT2D eigenvalue weighted by Gasteiger charge is 2.08. The van der Waals surface area contributed by atoms with E-state index in [1.807, 2.05) is 38.1 Å². The molecule has 0 saturated heterocycles. The number of aromatic amines is 1. The van der Waals surface area contributed by atoms with Crippen LogP contribution in [0.3, 0.4) is 0 Å². The van der Waals surface area contributed by atoms with E-state index in [0.717, 1.165) is 11.3 Å². The largest absolute Gasteiger partial charge is 0.352 e. The minimum absolute atomic E-state index is 0.0123. The fourth-order valence-corrected chi connectivity index (χ4v) is 2.45. The fourth-order valence-electron chi connectivity index (χ4n) is 2.22. The number of carbonyl (C=O) groups excluding carboxylic acids is 2. The molecule has 1 aromatic carbocycles. The third-order valence-electron chi connectivity index (χ3n) is 3.32. The number of carbonyl (C=O) groups is 2. The quantitative estimate of drug-likeness (QED) is 0.701. The molecule has 5 nitrogen and oxygen atoms in total. The molecular weight excluding hydrogens is 322 g/mol. The first-order chi connectivity index (χ1) is 11.5. The van der Waals surface area contributed by atoms with E-state index in [1.54, 1.807) is 18.3 Å². The lowest BCUT2D eigenvalue weighted by Crippen LogP contribution is -2.23. The maximum Gasteiger partial charge on any atom is 0.254 e. The van der Waals surface area contributed by atoms with Gasteiger partial charge in [-0.2, -0.15) is 0 Å². The molecule has 0 aliphatic heterocycles. The third kappa shape index (κ3) is 5.31. The van der Waals surface area contributed by atoms with E-state index in [-0.39, 0.29) is 11.8 Å². The molecule has 2 amide bonds. The van der Waals surface area contributed by atoms with Gasteiger partial charge in [-0.05, 0) is 35.7 Å². The Morgan fingerprint density at radius 1 is 1.21 bits per heavy atom. The lowest BCUT2D eigenvalue weighted by atomic mass is 10.1. The van der Waals surface area contributed by atoms with Crippen LogP contribution in [-0.2, 0) is 11.3 Å². The molecule has 0 aliphatic rings. The lowest BCUT2D eigenvalue weighted by molar-refractivity contribution is -0.116. The van der Waals surface area contributed by atoms with E-state index < -0.39 is 0 Å². The number of pyridine rings is 1. The molecule has 3 N–H and O–H groups in total. The zero-order valence-electron chi connectivity index (χ0n) is 13.8. The van der Waals surface area contributed by atoms with Crippen molar-refractivity contribution in [2.45, 2.75) is 26.8 Å². The molecular formula is C18H21N3O2S. The van der Waals surface area contributed by atoms with Gasteiger partial charge in [0.05, 0.1) is 5.56 Å². The molecule has 2 rings (SSSR count). The highest BCUT2D eigenvalue weighted by molar-refractivity contribution is 7.71. The van der Waals surface area contributed by atoms with Crippen LogP contribution in [0.15, 0.2) is 42.6 Å². The first kappa shape index (κ1) is 17.9. The number of benzene rings is 1. The fraction of sp³-hybridized carbons (Fsp3) is 0.278. The van der Waals surface area contributed by atoms with Crippen molar-refractivity contribution in [3.8, 4) is 0 Å². The van der Waals surface area contributed by atoms with Gasteiger partial charge in [0, 0.05) is 24.8 Å². The first-order valence-corrected chi connectivity index (χ1v) is 8.21. The van der Waals surface area contributed by atoms with Crippen molar-refractivity contribution in [3.63, 3.8) is 0 Å². The van der Waals surface area contributed by atoms with Crippen molar-refractivity contribution in [2.75, 3.05) is 5.32 Å². The van der Waals surface area contributed by atoms with Crippen LogP contribution in [0.2, 0.25) is 0 Å². The summed E-state index contributed by atoms with van der Waals surface area (Å²) in [6.45, 7) is 4.36. The van der Waals surface area contributed by atoms with E-state index >= 15 is 0 Å². The standard InChI is InChI=1S/C18H21N3O2S/c1-12(2)9-16(22)21-14-6-3-5-13(10-14)11-20-17(23)15-7-4-8-19-18(15)24/h3-8,10,12H,9,11H2,1-2H3,(H,19,24)(H,20,23)(H,21,22). The SMILES string of the molecule is CC(C)CC(=O)Nc1cccc(CNC(=O)c2ccc[nH]c2=S)c1. The molecule has 0 saturated carbocycles. The van der Waals surface area contributed by atoms with Gasteiger partial charge in [0.1, 0.15) is 4.64 Å². The predicted molar refractivity (Wildman–Crippen MR) is 97.3 cm³/mol. The average molecular weight is 343 g/mol. The number of anilines is 1. The number of nitrogens with one attached hydrogen (secondary N) is 3. The van der Waals surface area contributed by atoms with Crippen LogP contribution in [0.25, 0.3) is 0 Å². The minimum atomic E-state index is -0.230. The van der Waals surface area contributed by atoms with Gasteiger partial charge in [-0.1, -0.05) is 38.2 Å². The number of H-pyrrole nitrogens is 1. The maximum atomic E-state index is 12.2. The van der Waals surface area contributed by atoms with E-state index in [2.05, 4.69) is 15.6 Å². The first-order valence-electron chi connectivity index (χ1n) is 7.80. The smallest absolute Gasteiger partial charge is 0.254 e. The van der Waals surface area contributed by atoms with Gasteiger partial charge in [0.25, 0.3) is 5.91 Å². The summed E-state index contributed by atoms with van der Waals surface area (Å²) in [6.07, 6.45) is 2.16. The topological polar surface area (TPSA) is 74.0 Å². The summed E-state index contributed by atoms with van der Waals surface area (Å²) in [4.78, 5) is 26.8. The monoisotopic (exact) mass is 343 g/mol. The Balaban J connectivity index is 1.97. The summed E-state index contributed by atoms with van der Waals surface area (Å²) in [6, 6.07) is 10.8. The zero-order chi connectivity index (χ0) is 17.5. The molecule has 6 heteroatoms. The normalized spacial score (nSPS) is 10.5. The van der Waals surface area contributed by atoms with Crippen molar-refractivity contribution < 1.29 is 9.59 Å². The summed E-state index contributed by atoms with van der Waals surface area (Å²) < 4.78 is 0.407. The summed E-state index contributed by atoms with van der Waals surface area (Å²) in [5.41, 5.74) is 2.06. The highest BCUT2D eigenvalue weighted by atomic mass is 32.1. The van der Waals surface area contributed by atoms with Crippen LogP contribution in [-0.4, -0.2) is 16.8 Å². The van der Waals surface area contributed by atoms with Gasteiger partial charge in [-0.3, -0.25) is 9.59 Å². The Morgan fingerprint density at radius 3 is 2.71 bits per heavy atom. The number of amides is 2. The molecule has 0 fully saturated rings.